The van der Waals surface area contributed by atoms with Crippen LogP contribution in [-0.2, 0) is 4.79 Å². The van der Waals surface area contributed by atoms with Gasteiger partial charge in [-0.05, 0) is 38.1 Å². The third kappa shape index (κ3) is 3.92. The van der Waals surface area contributed by atoms with Crippen molar-refractivity contribution in [1.29, 1.82) is 0 Å². The van der Waals surface area contributed by atoms with Crippen LogP contribution in [0.3, 0.4) is 0 Å². The highest BCUT2D eigenvalue weighted by Crippen LogP contribution is 2.26. The van der Waals surface area contributed by atoms with E-state index in [0.29, 0.717) is 11.8 Å². The van der Waals surface area contributed by atoms with Crippen molar-refractivity contribution in [2.24, 2.45) is 11.8 Å². The van der Waals surface area contributed by atoms with Crippen molar-refractivity contribution in [3.63, 3.8) is 0 Å². The number of hydrogen-bond acceptors (Lipinski definition) is 2. The van der Waals surface area contributed by atoms with Crippen molar-refractivity contribution in [2.75, 3.05) is 13.1 Å². The maximum atomic E-state index is 10.3. The van der Waals surface area contributed by atoms with Gasteiger partial charge in [0.05, 0.1) is 6.54 Å². The molecule has 2 N–H and O–H groups in total. The molecule has 0 aromatic carbocycles. The van der Waals surface area contributed by atoms with Crippen LogP contribution in [0.1, 0.15) is 26.7 Å². The average molecular weight is 197 g/mol. The fourth-order valence-electron chi connectivity index (χ4n) is 2.22. The SMILES string of the molecule is CC1=CC(C)CC(CNCC(=O)O)C1. The van der Waals surface area contributed by atoms with Crippen LogP contribution in [0.5, 0.6) is 0 Å². The smallest absolute Gasteiger partial charge is 0.317 e. The van der Waals surface area contributed by atoms with Crippen molar-refractivity contribution in [2.45, 2.75) is 26.7 Å². The minimum Gasteiger partial charge on any atom is -0.480 e. The number of carbonyl (C=O) groups is 1. The number of carboxylic acids is 1. The molecule has 0 spiro atoms. The van der Waals surface area contributed by atoms with Crippen LogP contribution in [0.15, 0.2) is 11.6 Å². The molecule has 0 aromatic heterocycles. The first-order valence-electron chi connectivity index (χ1n) is 5.17. The Morgan fingerprint density at radius 3 is 3.00 bits per heavy atom. The van der Waals surface area contributed by atoms with E-state index in [1.165, 1.54) is 12.0 Å². The van der Waals surface area contributed by atoms with Gasteiger partial charge < -0.3 is 10.4 Å². The maximum Gasteiger partial charge on any atom is 0.317 e. The number of nitrogens with one attached hydrogen (secondary N) is 1. The minimum absolute atomic E-state index is 0.0770. The molecule has 0 aromatic rings. The molecule has 2 unspecified atom stereocenters. The average Bonchev–Trinajstić information content (AvgIpc) is 2.01. The van der Waals surface area contributed by atoms with Crippen molar-refractivity contribution in [1.82, 2.24) is 5.32 Å². The Balaban J connectivity index is 2.26. The van der Waals surface area contributed by atoms with Gasteiger partial charge in [0.15, 0.2) is 0 Å². The van der Waals surface area contributed by atoms with E-state index >= 15 is 0 Å². The third-order valence-corrected chi connectivity index (χ3v) is 2.59. The molecule has 1 aliphatic rings. The first-order chi connectivity index (χ1) is 6.58. The van der Waals surface area contributed by atoms with Crippen molar-refractivity contribution >= 4 is 5.97 Å². The molecule has 0 heterocycles. The molecule has 0 radical (unpaired) electrons. The summed E-state index contributed by atoms with van der Waals surface area (Å²) in [5, 5.41) is 11.4. The van der Waals surface area contributed by atoms with Crippen LogP contribution in [0.4, 0.5) is 0 Å². The lowest BCUT2D eigenvalue weighted by Gasteiger charge is -2.25. The summed E-state index contributed by atoms with van der Waals surface area (Å²) in [5.41, 5.74) is 1.44. The van der Waals surface area contributed by atoms with E-state index in [0.717, 1.165) is 13.0 Å². The molecule has 0 saturated heterocycles. The molecular weight excluding hydrogens is 178 g/mol. The van der Waals surface area contributed by atoms with Gasteiger partial charge in [0.1, 0.15) is 0 Å². The molecule has 14 heavy (non-hydrogen) atoms. The normalized spacial score (nSPS) is 27.1. The molecule has 1 aliphatic carbocycles. The Hall–Kier alpha value is -0.830. The summed E-state index contributed by atoms with van der Waals surface area (Å²) in [5.74, 6) is 0.468. The summed E-state index contributed by atoms with van der Waals surface area (Å²) >= 11 is 0. The third-order valence-electron chi connectivity index (χ3n) is 2.59. The predicted octanol–water partition coefficient (Wildman–Crippen LogP) is 1.65. The fourth-order valence-corrected chi connectivity index (χ4v) is 2.22. The van der Waals surface area contributed by atoms with Gasteiger partial charge in [-0.1, -0.05) is 18.6 Å². The van der Waals surface area contributed by atoms with Crippen LogP contribution in [0, 0.1) is 11.8 Å². The number of allylic oxidation sites excluding steroid dienone is 2. The quantitative estimate of drug-likeness (QED) is 0.674. The van der Waals surface area contributed by atoms with Crippen LogP contribution in [-0.4, -0.2) is 24.2 Å². The van der Waals surface area contributed by atoms with E-state index in [4.69, 9.17) is 5.11 Å². The lowest BCUT2D eigenvalue weighted by atomic mass is 9.84. The molecule has 1 rings (SSSR count). The highest BCUT2D eigenvalue weighted by atomic mass is 16.4. The van der Waals surface area contributed by atoms with Crippen LogP contribution >= 0.6 is 0 Å². The van der Waals surface area contributed by atoms with E-state index < -0.39 is 5.97 Å². The molecule has 0 bridgehead atoms. The molecule has 3 nitrogen and oxygen atoms in total. The minimum atomic E-state index is -0.777. The molecule has 80 valence electrons. The second-order valence-electron chi connectivity index (χ2n) is 4.32. The molecule has 0 aliphatic heterocycles. The lowest BCUT2D eigenvalue weighted by molar-refractivity contribution is -0.136. The number of hydrogen-bond donors (Lipinski definition) is 2. The standard InChI is InChI=1S/C11H19NO2/c1-8-3-9(2)5-10(4-8)6-12-7-11(13)14/h3,8,10,12H,4-7H2,1-2H3,(H,13,14). The number of rotatable bonds is 4. The van der Waals surface area contributed by atoms with Crippen LogP contribution < -0.4 is 5.32 Å². The summed E-state index contributed by atoms with van der Waals surface area (Å²) in [6.45, 7) is 5.27. The summed E-state index contributed by atoms with van der Waals surface area (Å²) in [4.78, 5) is 10.3. The maximum absolute atomic E-state index is 10.3. The summed E-state index contributed by atoms with van der Waals surface area (Å²) in [7, 11) is 0. The van der Waals surface area contributed by atoms with E-state index in [1.807, 2.05) is 0 Å². The fraction of sp³-hybridized carbons (Fsp3) is 0.727. The zero-order chi connectivity index (χ0) is 10.6. The molecule has 0 fully saturated rings. The molecular formula is C11H19NO2. The second kappa shape index (κ2) is 5.15. The first kappa shape index (κ1) is 11.2. The highest BCUT2D eigenvalue weighted by Gasteiger charge is 2.17. The topological polar surface area (TPSA) is 49.3 Å². The Bertz CT molecular complexity index is 235. The van der Waals surface area contributed by atoms with Gasteiger partial charge in [-0.2, -0.15) is 0 Å². The molecule has 3 heteroatoms. The Morgan fingerprint density at radius 2 is 2.43 bits per heavy atom. The van der Waals surface area contributed by atoms with E-state index in [-0.39, 0.29) is 6.54 Å². The first-order valence-corrected chi connectivity index (χ1v) is 5.17. The molecule has 2 atom stereocenters. The van der Waals surface area contributed by atoms with Gasteiger partial charge in [0.2, 0.25) is 0 Å². The zero-order valence-corrected chi connectivity index (χ0v) is 8.92. The highest BCUT2D eigenvalue weighted by molar-refractivity contribution is 5.68. The summed E-state index contributed by atoms with van der Waals surface area (Å²) in [6.07, 6.45) is 4.59. The molecule has 0 saturated carbocycles. The van der Waals surface area contributed by atoms with Crippen LogP contribution in [0.2, 0.25) is 0 Å². The Kier molecular flexibility index (Phi) is 4.14. The van der Waals surface area contributed by atoms with Gasteiger partial charge >= 0.3 is 5.97 Å². The Labute approximate surface area is 85.2 Å². The van der Waals surface area contributed by atoms with Crippen molar-refractivity contribution in [3.05, 3.63) is 11.6 Å². The number of aliphatic carboxylic acids is 1. The largest absolute Gasteiger partial charge is 0.480 e. The van der Waals surface area contributed by atoms with Gasteiger partial charge in [0, 0.05) is 0 Å². The van der Waals surface area contributed by atoms with Crippen molar-refractivity contribution < 1.29 is 9.90 Å². The number of carboxylic acid groups (broad SMARTS) is 1. The van der Waals surface area contributed by atoms with Crippen molar-refractivity contribution in [3.8, 4) is 0 Å². The van der Waals surface area contributed by atoms with Gasteiger partial charge in [-0.3, -0.25) is 4.79 Å². The van der Waals surface area contributed by atoms with E-state index in [9.17, 15) is 4.79 Å². The van der Waals surface area contributed by atoms with Gasteiger partial charge in [-0.25, -0.2) is 0 Å². The lowest BCUT2D eigenvalue weighted by Crippen LogP contribution is -2.30. The summed E-state index contributed by atoms with van der Waals surface area (Å²) in [6, 6.07) is 0. The second-order valence-corrected chi connectivity index (χ2v) is 4.32. The molecule has 0 amide bonds. The zero-order valence-electron chi connectivity index (χ0n) is 8.92. The summed E-state index contributed by atoms with van der Waals surface area (Å²) < 4.78 is 0. The van der Waals surface area contributed by atoms with Crippen LogP contribution in [0.25, 0.3) is 0 Å². The van der Waals surface area contributed by atoms with Gasteiger partial charge in [0.25, 0.3) is 0 Å². The predicted molar refractivity (Wildman–Crippen MR) is 56.2 cm³/mol. The van der Waals surface area contributed by atoms with E-state index in [1.54, 1.807) is 0 Å². The Morgan fingerprint density at radius 1 is 1.71 bits per heavy atom. The van der Waals surface area contributed by atoms with E-state index in [2.05, 4.69) is 25.2 Å². The monoisotopic (exact) mass is 197 g/mol. The van der Waals surface area contributed by atoms with Gasteiger partial charge in [-0.15, -0.1) is 0 Å².